The molecule has 0 saturated heterocycles. The maximum Gasteiger partial charge on any atom is 0.270 e. The molecule has 34 heavy (non-hydrogen) atoms. The molecule has 1 aliphatic carbocycles. The van der Waals surface area contributed by atoms with Crippen LogP contribution in [0.5, 0.6) is 0 Å². The average molecular weight is 480 g/mol. The van der Waals surface area contributed by atoms with Gasteiger partial charge in [-0.25, -0.2) is 0 Å². The van der Waals surface area contributed by atoms with Crippen molar-refractivity contribution in [1.29, 1.82) is 0 Å². The standard InChI is InChI=1S/C26H30ClN5O2/c1-16-4-6-19(7-5-16)24(31-25(33)22-13-15-29-32(22)3)26(34)30-20-10-8-18(9-11-20)23-17(2)28-14-12-21(23)27/h8-16,19,24H,4-7H2,1-3H3,(H,30,34)(H,31,33). The highest BCUT2D eigenvalue weighted by Crippen LogP contribution is 2.32. The molecule has 8 heteroatoms. The third kappa shape index (κ3) is 5.30. The summed E-state index contributed by atoms with van der Waals surface area (Å²) in [5.41, 5.74) is 3.73. The van der Waals surface area contributed by atoms with E-state index in [1.54, 1.807) is 31.6 Å². The van der Waals surface area contributed by atoms with Gasteiger partial charge in [-0.2, -0.15) is 5.10 Å². The summed E-state index contributed by atoms with van der Waals surface area (Å²) in [6, 6.07) is 10.3. The minimum Gasteiger partial charge on any atom is -0.339 e. The van der Waals surface area contributed by atoms with Crippen LogP contribution in [0.25, 0.3) is 11.1 Å². The van der Waals surface area contributed by atoms with Gasteiger partial charge in [0.25, 0.3) is 5.91 Å². The number of aryl methyl sites for hydroxylation is 2. The van der Waals surface area contributed by atoms with Gasteiger partial charge in [0, 0.05) is 36.4 Å². The second kappa shape index (κ2) is 10.4. The number of carbonyl (C=O) groups is 2. The first-order chi connectivity index (χ1) is 16.3. The molecule has 1 saturated carbocycles. The first-order valence-electron chi connectivity index (χ1n) is 11.6. The monoisotopic (exact) mass is 479 g/mol. The highest BCUT2D eigenvalue weighted by molar-refractivity contribution is 6.33. The molecule has 1 unspecified atom stereocenters. The molecule has 1 aromatic carbocycles. The smallest absolute Gasteiger partial charge is 0.270 e. The Bertz CT molecular complexity index is 1150. The Labute approximate surface area is 204 Å². The average Bonchev–Trinajstić information content (AvgIpc) is 3.25. The van der Waals surface area contributed by atoms with Gasteiger partial charge in [0.15, 0.2) is 0 Å². The molecule has 3 aromatic rings. The van der Waals surface area contributed by atoms with Gasteiger partial charge in [0.2, 0.25) is 5.91 Å². The van der Waals surface area contributed by atoms with E-state index in [1.807, 2.05) is 31.2 Å². The van der Waals surface area contributed by atoms with E-state index < -0.39 is 6.04 Å². The van der Waals surface area contributed by atoms with Crippen LogP contribution in [0, 0.1) is 18.8 Å². The van der Waals surface area contributed by atoms with Crippen molar-refractivity contribution < 1.29 is 9.59 Å². The lowest BCUT2D eigenvalue weighted by atomic mass is 9.79. The number of nitrogens with one attached hydrogen (secondary N) is 2. The second-order valence-corrected chi connectivity index (χ2v) is 9.54. The van der Waals surface area contributed by atoms with Gasteiger partial charge >= 0.3 is 0 Å². The SMILES string of the molecule is Cc1nccc(Cl)c1-c1ccc(NC(=O)C(NC(=O)c2ccnn2C)C2CCC(C)CC2)cc1. The van der Waals surface area contributed by atoms with Gasteiger partial charge in [-0.05, 0) is 61.4 Å². The Morgan fingerprint density at radius 1 is 1.06 bits per heavy atom. The van der Waals surface area contributed by atoms with Gasteiger partial charge in [0.05, 0.1) is 5.02 Å². The number of hydrogen-bond donors (Lipinski definition) is 2. The Balaban J connectivity index is 1.52. The van der Waals surface area contributed by atoms with Crippen molar-refractivity contribution >= 4 is 29.1 Å². The minimum absolute atomic E-state index is 0.0875. The van der Waals surface area contributed by atoms with Crippen LogP contribution in [0.4, 0.5) is 5.69 Å². The third-order valence-electron chi connectivity index (χ3n) is 6.69. The Morgan fingerprint density at radius 2 is 1.76 bits per heavy atom. The van der Waals surface area contributed by atoms with Crippen LogP contribution < -0.4 is 10.6 Å². The topological polar surface area (TPSA) is 88.9 Å². The summed E-state index contributed by atoms with van der Waals surface area (Å²) in [6.45, 7) is 4.15. The number of rotatable bonds is 6. The van der Waals surface area contributed by atoms with Crippen LogP contribution in [-0.4, -0.2) is 32.6 Å². The molecule has 1 aliphatic rings. The number of amides is 2. The summed E-state index contributed by atoms with van der Waals surface area (Å²) >= 11 is 6.37. The first-order valence-corrected chi connectivity index (χ1v) is 12.0. The number of benzene rings is 1. The van der Waals surface area contributed by atoms with Gasteiger partial charge < -0.3 is 10.6 Å². The molecule has 1 atom stereocenters. The molecule has 7 nitrogen and oxygen atoms in total. The minimum atomic E-state index is -0.621. The maximum atomic E-state index is 13.4. The normalized spacial score (nSPS) is 18.8. The fraction of sp³-hybridized carbons (Fsp3) is 0.385. The molecule has 178 valence electrons. The molecular formula is C26H30ClN5O2. The van der Waals surface area contributed by atoms with Crippen molar-refractivity contribution in [1.82, 2.24) is 20.1 Å². The lowest BCUT2D eigenvalue weighted by Crippen LogP contribution is -2.49. The van der Waals surface area contributed by atoms with Crippen LogP contribution in [-0.2, 0) is 11.8 Å². The fourth-order valence-electron chi connectivity index (χ4n) is 4.65. The molecule has 2 heterocycles. The van der Waals surface area contributed by atoms with Gasteiger partial charge in [-0.1, -0.05) is 43.5 Å². The van der Waals surface area contributed by atoms with Crippen LogP contribution in [0.2, 0.25) is 5.02 Å². The molecule has 0 aliphatic heterocycles. The van der Waals surface area contributed by atoms with Crippen molar-refractivity contribution in [3.05, 3.63) is 65.2 Å². The van der Waals surface area contributed by atoms with Crippen molar-refractivity contribution in [2.45, 2.75) is 45.6 Å². The van der Waals surface area contributed by atoms with Crippen LogP contribution in [0.15, 0.2) is 48.8 Å². The zero-order valence-corrected chi connectivity index (χ0v) is 20.5. The molecule has 0 bridgehead atoms. The van der Waals surface area contributed by atoms with Crippen LogP contribution >= 0.6 is 11.6 Å². The van der Waals surface area contributed by atoms with E-state index in [0.29, 0.717) is 22.3 Å². The third-order valence-corrected chi connectivity index (χ3v) is 7.00. The van der Waals surface area contributed by atoms with E-state index in [4.69, 9.17) is 11.6 Å². The van der Waals surface area contributed by atoms with E-state index in [-0.39, 0.29) is 17.7 Å². The van der Waals surface area contributed by atoms with Crippen molar-refractivity contribution in [2.75, 3.05) is 5.32 Å². The molecule has 1 fully saturated rings. The van der Waals surface area contributed by atoms with Crippen molar-refractivity contribution in [3.63, 3.8) is 0 Å². The highest BCUT2D eigenvalue weighted by Gasteiger charge is 2.33. The lowest BCUT2D eigenvalue weighted by molar-refractivity contribution is -0.119. The molecule has 4 rings (SSSR count). The number of halogens is 1. The number of nitrogens with zero attached hydrogens (tertiary/aromatic N) is 3. The summed E-state index contributed by atoms with van der Waals surface area (Å²) in [4.78, 5) is 30.6. The summed E-state index contributed by atoms with van der Waals surface area (Å²) < 4.78 is 1.51. The lowest BCUT2D eigenvalue weighted by Gasteiger charge is -2.32. The van der Waals surface area contributed by atoms with E-state index in [0.717, 1.165) is 42.5 Å². The molecular weight excluding hydrogens is 450 g/mol. The largest absolute Gasteiger partial charge is 0.339 e. The van der Waals surface area contributed by atoms with Crippen LogP contribution in [0.1, 0.15) is 48.8 Å². The Morgan fingerprint density at radius 3 is 2.38 bits per heavy atom. The second-order valence-electron chi connectivity index (χ2n) is 9.13. The molecule has 0 spiro atoms. The van der Waals surface area contributed by atoms with Gasteiger partial charge in [-0.15, -0.1) is 0 Å². The zero-order valence-electron chi connectivity index (χ0n) is 19.7. The predicted octanol–water partition coefficient (Wildman–Crippen LogP) is 5.01. The van der Waals surface area contributed by atoms with Crippen LogP contribution in [0.3, 0.4) is 0 Å². The van der Waals surface area contributed by atoms with Crippen molar-refractivity contribution in [3.8, 4) is 11.1 Å². The summed E-state index contributed by atoms with van der Waals surface area (Å²) in [7, 11) is 1.71. The molecule has 0 radical (unpaired) electrons. The zero-order chi connectivity index (χ0) is 24.2. The summed E-state index contributed by atoms with van der Waals surface area (Å²) in [5.74, 6) is 0.224. The Hall–Kier alpha value is -3.19. The number of anilines is 1. The molecule has 2 aromatic heterocycles. The maximum absolute atomic E-state index is 13.4. The molecule has 2 amide bonds. The van der Waals surface area contributed by atoms with Gasteiger partial charge in [0.1, 0.15) is 11.7 Å². The summed E-state index contributed by atoms with van der Waals surface area (Å²) in [6.07, 6.45) is 7.17. The predicted molar refractivity (Wildman–Crippen MR) is 134 cm³/mol. The number of hydrogen-bond acceptors (Lipinski definition) is 4. The fourth-order valence-corrected chi connectivity index (χ4v) is 4.95. The van der Waals surface area contributed by atoms with Crippen molar-refractivity contribution in [2.24, 2.45) is 18.9 Å². The van der Waals surface area contributed by atoms with E-state index in [2.05, 4.69) is 27.6 Å². The van der Waals surface area contributed by atoms with Gasteiger partial charge in [-0.3, -0.25) is 19.3 Å². The number of aromatic nitrogens is 3. The highest BCUT2D eigenvalue weighted by atomic mass is 35.5. The quantitative estimate of drug-likeness (QED) is 0.520. The number of pyridine rings is 1. The summed E-state index contributed by atoms with van der Waals surface area (Å²) in [5, 5.41) is 10.7. The van der Waals surface area contributed by atoms with E-state index in [1.165, 1.54) is 4.68 Å². The Kier molecular flexibility index (Phi) is 7.32. The first kappa shape index (κ1) is 24.0. The number of carbonyl (C=O) groups excluding carboxylic acids is 2. The van der Waals surface area contributed by atoms with E-state index in [9.17, 15) is 9.59 Å². The van der Waals surface area contributed by atoms with E-state index >= 15 is 0 Å². The molecule has 2 N–H and O–H groups in total.